The Balaban J connectivity index is 1.39. The predicted octanol–water partition coefficient (Wildman–Crippen LogP) is 2.21. The summed E-state index contributed by atoms with van der Waals surface area (Å²) in [5, 5.41) is 0. The number of morpholine rings is 1. The van der Waals surface area contributed by atoms with Crippen LogP contribution in [0.15, 0.2) is 53.4 Å². The highest BCUT2D eigenvalue weighted by Gasteiger charge is 2.60. The molecule has 2 aliphatic heterocycles. The molecular formula is C29H29N3O9S. The molecule has 0 radical (unpaired) electrons. The van der Waals surface area contributed by atoms with Gasteiger partial charge in [0, 0.05) is 13.1 Å². The van der Waals surface area contributed by atoms with E-state index in [1.54, 1.807) is 6.07 Å². The van der Waals surface area contributed by atoms with Crippen LogP contribution in [-0.4, -0.2) is 72.7 Å². The van der Waals surface area contributed by atoms with Gasteiger partial charge < -0.3 is 19.1 Å². The Hall–Kier alpha value is -4.23. The first-order chi connectivity index (χ1) is 20.1. The van der Waals surface area contributed by atoms with E-state index < -0.39 is 33.8 Å². The maximum Gasteiger partial charge on any atom is 0.337 e. The van der Waals surface area contributed by atoms with Gasteiger partial charge in [0.15, 0.2) is 0 Å². The van der Waals surface area contributed by atoms with Crippen molar-refractivity contribution in [3.63, 3.8) is 0 Å². The third kappa shape index (κ3) is 4.62. The van der Waals surface area contributed by atoms with Gasteiger partial charge in [0.05, 0.1) is 72.4 Å². The van der Waals surface area contributed by atoms with Gasteiger partial charge in [0.2, 0.25) is 11.8 Å². The number of esters is 2. The largest absolute Gasteiger partial charge is 0.465 e. The van der Waals surface area contributed by atoms with Gasteiger partial charge in [-0.25, -0.2) is 22.9 Å². The molecule has 0 spiro atoms. The van der Waals surface area contributed by atoms with Crippen molar-refractivity contribution >= 4 is 50.8 Å². The molecular weight excluding hydrogens is 566 g/mol. The summed E-state index contributed by atoms with van der Waals surface area (Å²) in [5.74, 6) is -3.14. The van der Waals surface area contributed by atoms with Crippen LogP contribution in [0, 0.1) is 23.7 Å². The van der Waals surface area contributed by atoms with Crippen molar-refractivity contribution in [3.8, 4) is 0 Å². The summed E-state index contributed by atoms with van der Waals surface area (Å²) in [4.78, 5) is 54.7. The van der Waals surface area contributed by atoms with Crippen molar-refractivity contribution < 1.29 is 41.8 Å². The second-order valence-electron chi connectivity index (χ2n) is 10.6. The number of anilines is 3. The zero-order chi connectivity index (χ0) is 29.8. The average molecular weight is 596 g/mol. The van der Waals surface area contributed by atoms with Crippen molar-refractivity contribution in [2.24, 2.45) is 23.7 Å². The molecule has 4 atom stereocenters. The highest BCUT2D eigenvalue weighted by atomic mass is 32.2. The van der Waals surface area contributed by atoms with Crippen LogP contribution in [0.3, 0.4) is 0 Å². The Kier molecular flexibility index (Phi) is 7.01. The summed E-state index contributed by atoms with van der Waals surface area (Å²) < 4.78 is 44.6. The van der Waals surface area contributed by atoms with Crippen LogP contribution in [0.2, 0.25) is 0 Å². The molecule has 2 amide bonds. The molecule has 0 aromatic heterocycles. The Labute approximate surface area is 242 Å². The van der Waals surface area contributed by atoms with E-state index in [1.165, 1.54) is 30.3 Å². The summed E-state index contributed by atoms with van der Waals surface area (Å²) in [6.07, 6.45) is 4.77. The monoisotopic (exact) mass is 595 g/mol. The van der Waals surface area contributed by atoms with Crippen molar-refractivity contribution in [3.05, 3.63) is 59.7 Å². The smallest absolute Gasteiger partial charge is 0.337 e. The minimum atomic E-state index is -4.33. The minimum Gasteiger partial charge on any atom is -0.465 e. The Morgan fingerprint density at radius 1 is 0.857 bits per heavy atom. The molecule has 2 saturated heterocycles. The number of carbonyl (C=O) groups is 4. The van der Waals surface area contributed by atoms with Gasteiger partial charge in [0.25, 0.3) is 10.0 Å². The zero-order valence-electron chi connectivity index (χ0n) is 22.9. The summed E-state index contributed by atoms with van der Waals surface area (Å²) in [6.45, 7) is 1.90. The molecule has 12 nitrogen and oxygen atoms in total. The van der Waals surface area contributed by atoms with Crippen LogP contribution in [-0.2, 0) is 33.8 Å². The number of amides is 2. The Bertz CT molecular complexity index is 1570. The number of sulfonamides is 1. The van der Waals surface area contributed by atoms with Crippen LogP contribution < -0.4 is 14.5 Å². The number of imide groups is 1. The topological polar surface area (TPSA) is 149 Å². The van der Waals surface area contributed by atoms with E-state index in [-0.39, 0.29) is 51.0 Å². The Morgan fingerprint density at radius 3 is 1.98 bits per heavy atom. The molecule has 2 aliphatic carbocycles. The lowest BCUT2D eigenvalue weighted by Crippen LogP contribution is -2.39. The number of nitrogens with one attached hydrogen (secondary N) is 1. The lowest BCUT2D eigenvalue weighted by molar-refractivity contribution is -0.123. The number of rotatable bonds is 7. The number of benzene rings is 2. The average Bonchev–Trinajstić information content (AvgIpc) is 3.69. The molecule has 1 N–H and O–H groups in total. The van der Waals surface area contributed by atoms with Crippen LogP contribution in [0.4, 0.5) is 17.1 Å². The zero-order valence-corrected chi connectivity index (χ0v) is 23.8. The van der Waals surface area contributed by atoms with E-state index in [4.69, 9.17) is 14.2 Å². The fourth-order valence-corrected chi connectivity index (χ4v) is 7.49. The molecule has 2 aromatic rings. The number of hydrogen-bond donors (Lipinski definition) is 1. The molecule has 1 saturated carbocycles. The molecule has 2 heterocycles. The fraction of sp³-hybridized carbons (Fsp3) is 0.379. The maximum atomic E-state index is 13.7. The number of nitrogens with zero attached hydrogens (tertiary/aromatic N) is 2. The normalized spacial score (nSPS) is 24.6. The van der Waals surface area contributed by atoms with Crippen molar-refractivity contribution in [1.29, 1.82) is 0 Å². The highest BCUT2D eigenvalue weighted by molar-refractivity contribution is 7.92. The molecule has 220 valence electrons. The molecule has 2 aromatic carbocycles. The van der Waals surface area contributed by atoms with Crippen molar-refractivity contribution in [2.75, 3.05) is 55.0 Å². The first-order valence-corrected chi connectivity index (χ1v) is 15.0. The van der Waals surface area contributed by atoms with Crippen LogP contribution in [0.25, 0.3) is 0 Å². The second kappa shape index (κ2) is 10.6. The van der Waals surface area contributed by atoms with Gasteiger partial charge in [-0.3, -0.25) is 14.3 Å². The second-order valence-corrected chi connectivity index (χ2v) is 12.3. The standard InChI is InChI=1S/C29H29N3O9S/c1-39-28(35)18-12-19(29(36)40-2)14-20(13-18)30-42(37,38)21-5-6-22(31-7-9-41-10-8-31)23(15-21)32-26(33)24-16-3-4-17(11-16)25(24)27(32)34/h3-6,12-17,24-25,30H,7-11H2,1-2H3/t16-,17-,24+,25+/m0/s1. The molecule has 0 unspecified atom stereocenters. The molecule has 2 bridgehead atoms. The lowest BCUT2D eigenvalue weighted by Gasteiger charge is -2.32. The molecule has 6 rings (SSSR count). The van der Waals surface area contributed by atoms with E-state index in [1.807, 2.05) is 17.1 Å². The molecule has 3 fully saturated rings. The first kappa shape index (κ1) is 27.9. The van der Waals surface area contributed by atoms with Crippen LogP contribution in [0.5, 0.6) is 0 Å². The van der Waals surface area contributed by atoms with E-state index in [9.17, 15) is 27.6 Å². The van der Waals surface area contributed by atoms with Crippen LogP contribution in [0.1, 0.15) is 27.1 Å². The minimum absolute atomic E-state index is 0.00652. The number of fused-ring (bicyclic) bond motifs is 5. The van der Waals surface area contributed by atoms with Gasteiger partial charge >= 0.3 is 11.9 Å². The molecule has 4 aliphatic rings. The number of allylic oxidation sites excluding steroid dienone is 2. The summed E-state index contributed by atoms with van der Waals surface area (Å²) in [5.41, 5.74) is 0.540. The summed E-state index contributed by atoms with van der Waals surface area (Å²) >= 11 is 0. The molecule has 13 heteroatoms. The quantitative estimate of drug-likeness (QED) is 0.287. The third-order valence-electron chi connectivity index (χ3n) is 8.35. The summed E-state index contributed by atoms with van der Waals surface area (Å²) in [6, 6.07) is 7.99. The lowest BCUT2D eigenvalue weighted by atomic mass is 9.85. The number of carbonyl (C=O) groups excluding carboxylic acids is 4. The SMILES string of the molecule is COC(=O)c1cc(NS(=O)(=O)c2ccc(N3CCOCC3)c(N3C(=O)[C@H]4[C@H](C3=O)[C@H]3C=C[C@H]4C3)c2)cc(C(=O)OC)c1. The van der Waals surface area contributed by atoms with Crippen LogP contribution >= 0.6 is 0 Å². The summed E-state index contributed by atoms with van der Waals surface area (Å²) in [7, 11) is -2.02. The number of methoxy groups -OCH3 is 2. The van der Waals surface area contributed by atoms with Gasteiger partial charge in [-0.05, 0) is 54.7 Å². The van der Waals surface area contributed by atoms with E-state index in [0.717, 1.165) is 25.5 Å². The van der Waals surface area contributed by atoms with E-state index in [2.05, 4.69) is 4.72 Å². The Morgan fingerprint density at radius 2 is 1.43 bits per heavy atom. The maximum absolute atomic E-state index is 13.7. The fourth-order valence-electron chi connectivity index (χ4n) is 6.43. The molecule has 42 heavy (non-hydrogen) atoms. The van der Waals surface area contributed by atoms with E-state index in [0.29, 0.717) is 32.0 Å². The van der Waals surface area contributed by atoms with Gasteiger partial charge in [-0.1, -0.05) is 12.2 Å². The van der Waals surface area contributed by atoms with Gasteiger partial charge in [-0.15, -0.1) is 0 Å². The highest BCUT2D eigenvalue weighted by Crippen LogP contribution is 2.54. The van der Waals surface area contributed by atoms with Crippen molar-refractivity contribution in [2.45, 2.75) is 11.3 Å². The number of ether oxygens (including phenoxy) is 3. The van der Waals surface area contributed by atoms with Gasteiger partial charge in [0.1, 0.15) is 0 Å². The first-order valence-electron chi connectivity index (χ1n) is 13.5. The predicted molar refractivity (Wildman–Crippen MR) is 150 cm³/mol. The number of hydrogen-bond acceptors (Lipinski definition) is 10. The third-order valence-corrected chi connectivity index (χ3v) is 9.73. The van der Waals surface area contributed by atoms with Crippen molar-refractivity contribution in [1.82, 2.24) is 0 Å². The van der Waals surface area contributed by atoms with Gasteiger partial charge in [-0.2, -0.15) is 0 Å². The van der Waals surface area contributed by atoms with E-state index >= 15 is 0 Å².